The minimum absolute atomic E-state index is 0.952. The van der Waals surface area contributed by atoms with E-state index >= 15 is 0 Å². The number of hydrogen-bond acceptors (Lipinski definition) is 2. The van der Waals surface area contributed by atoms with Crippen LogP contribution < -0.4 is 0 Å². The lowest BCUT2D eigenvalue weighted by Gasteiger charge is -1.95. The molecule has 0 saturated heterocycles. The maximum absolute atomic E-state index is 4.20. The molecule has 1 N–H and O–H groups in total. The summed E-state index contributed by atoms with van der Waals surface area (Å²) >= 11 is 5.11. The molecule has 0 atom stereocenters. The highest BCUT2D eigenvalue weighted by Gasteiger charge is 2.05. The van der Waals surface area contributed by atoms with Crippen molar-refractivity contribution in [3.63, 3.8) is 0 Å². The Bertz CT molecular complexity index is 410. The molecule has 0 bridgehead atoms. The predicted octanol–water partition coefficient (Wildman–Crippen LogP) is 3.05. The molecular formula is C8H7BrN2S. The fraction of sp³-hybridized carbons (Fsp3) is 0.125. The molecular weight excluding hydrogens is 236 g/mol. The second-order valence-electron chi connectivity index (χ2n) is 2.39. The molecule has 0 aliphatic rings. The summed E-state index contributed by atoms with van der Waals surface area (Å²) in [6, 6.07) is 6.15. The Morgan fingerprint density at radius 2 is 2.33 bits per heavy atom. The summed E-state index contributed by atoms with van der Waals surface area (Å²) in [7, 11) is 0. The molecule has 0 spiro atoms. The number of H-pyrrole nitrogens is 1. The third-order valence-electron chi connectivity index (χ3n) is 1.72. The quantitative estimate of drug-likeness (QED) is 0.780. The van der Waals surface area contributed by atoms with Gasteiger partial charge in [-0.25, -0.2) is 0 Å². The topological polar surface area (TPSA) is 28.7 Å². The molecule has 0 radical (unpaired) electrons. The number of aromatic nitrogens is 2. The van der Waals surface area contributed by atoms with Crippen molar-refractivity contribution >= 4 is 38.6 Å². The number of rotatable bonds is 1. The molecule has 0 aliphatic carbocycles. The van der Waals surface area contributed by atoms with Gasteiger partial charge in [-0.2, -0.15) is 5.10 Å². The second kappa shape index (κ2) is 3.11. The number of halogens is 1. The average molecular weight is 243 g/mol. The number of nitrogens with one attached hydrogen (secondary N) is 1. The molecule has 0 saturated carbocycles. The molecule has 1 heterocycles. The molecule has 12 heavy (non-hydrogen) atoms. The van der Waals surface area contributed by atoms with Gasteiger partial charge in [-0.05, 0) is 34.3 Å². The molecule has 62 valence electrons. The number of thioether (sulfide) groups is 1. The molecule has 0 amide bonds. The van der Waals surface area contributed by atoms with Crippen LogP contribution in [0.25, 0.3) is 10.9 Å². The minimum Gasteiger partial charge on any atom is -0.270 e. The lowest BCUT2D eigenvalue weighted by atomic mass is 10.3. The fourth-order valence-electron chi connectivity index (χ4n) is 1.14. The number of benzene rings is 1. The molecule has 4 heteroatoms. The van der Waals surface area contributed by atoms with Crippen LogP contribution in [0.2, 0.25) is 0 Å². The first-order valence-electron chi connectivity index (χ1n) is 3.49. The Morgan fingerprint density at radius 1 is 1.50 bits per heavy atom. The van der Waals surface area contributed by atoms with Crippen molar-refractivity contribution in [3.8, 4) is 0 Å². The number of aromatic amines is 1. The molecule has 1 aromatic carbocycles. The lowest BCUT2D eigenvalue weighted by Crippen LogP contribution is -1.73. The Labute approximate surface area is 82.9 Å². The van der Waals surface area contributed by atoms with Gasteiger partial charge in [0, 0.05) is 10.3 Å². The summed E-state index contributed by atoms with van der Waals surface area (Å²) in [5, 5.41) is 8.24. The highest BCUT2D eigenvalue weighted by Crippen LogP contribution is 2.28. The van der Waals surface area contributed by atoms with Gasteiger partial charge < -0.3 is 0 Å². The molecule has 0 aliphatic heterocycles. The van der Waals surface area contributed by atoms with Crippen molar-refractivity contribution in [1.29, 1.82) is 0 Å². The fourth-order valence-corrected chi connectivity index (χ4v) is 2.12. The number of para-hydroxylation sites is 1. The zero-order valence-electron chi connectivity index (χ0n) is 6.47. The normalized spacial score (nSPS) is 10.8. The first kappa shape index (κ1) is 8.13. The average Bonchev–Trinajstić information content (AvgIpc) is 2.48. The van der Waals surface area contributed by atoms with E-state index in [0.29, 0.717) is 0 Å². The van der Waals surface area contributed by atoms with E-state index in [0.717, 1.165) is 15.5 Å². The summed E-state index contributed by atoms with van der Waals surface area (Å²) < 4.78 is 0.952. The summed E-state index contributed by atoms with van der Waals surface area (Å²) in [6.45, 7) is 0. The minimum atomic E-state index is 0.952. The van der Waals surface area contributed by atoms with Crippen LogP contribution in [-0.4, -0.2) is 16.5 Å². The highest BCUT2D eigenvalue weighted by molar-refractivity contribution is 9.10. The van der Waals surface area contributed by atoms with Crippen molar-refractivity contribution < 1.29 is 0 Å². The van der Waals surface area contributed by atoms with Gasteiger partial charge in [-0.1, -0.05) is 6.07 Å². The molecule has 2 aromatic rings. The van der Waals surface area contributed by atoms with Crippen LogP contribution in [0.4, 0.5) is 0 Å². The second-order valence-corrected chi connectivity index (χ2v) is 4.04. The van der Waals surface area contributed by atoms with Crippen LogP contribution in [0, 0.1) is 0 Å². The van der Waals surface area contributed by atoms with Crippen LogP contribution >= 0.6 is 27.7 Å². The maximum atomic E-state index is 4.20. The van der Waals surface area contributed by atoms with Gasteiger partial charge in [0.05, 0.1) is 0 Å². The third-order valence-corrected chi connectivity index (χ3v) is 3.09. The summed E-state index contributed by atoms with van der Waals surface area (Å²) in [4.78, 5) is 1.20. The van der Waals surface area contributed by atoms with E-state index in [4.69, 9.17) is 0 Å². The molecule has 2 rings (SSSR count). The lowest BCUT2D eigenvalue weighted by molar-refractivity contribution is 1.09. The summed E-state index contributed by atoms with van der Waals surface area (Å²) in [6.07, 6.45) is 2.05. The van der Waals surface area contributed by atoms with E-state index in [1.54, 1.807) is 11.8 Å². The molecule has 2 nitrogen and oxygen atoms in total. The van der Waals surface area contributed by atoms with Crippen molar-refractivity contribution in [2.75, 3.05) is 6.26 Å². The van der Waals surface area contributed by atoms with Gasteiger partial charge in [0.15, 0.2) is 0 Å². The van der Waals surface area contributed by atoms with Crippen molar-refractivity contribution in [1.82, 2.24) is 10.2 Å². The molecule has 0 fully saturated rings. The van der Waals surface area contributed by atoms with Gasteiger partial charge in [-0.3, -0.25) is 5.10 Å². The monoisotopic (exact) mass is 242 g/mol. The standard InChI is InChI=1S/C8H7BrN2S/c1-12-6-4-2-3-5-7(6)10-11-8(5)9/h2-4H,1H3,(H,10,11). The first-order valence-corrected chi connectivity index (χ1v) is 5.51. The number of hydrogen-bond donors (Lipinski definition) is 1. The van der Waals surface area contributed by atoms with Crippen LogP contribution in [0.5, 0.6) is 0 Å². The molecule has 1 aromatic heterocycles. The maximum Gasteiger partial charge on any atom is 0.108 e. The van der Waals surface area contributed by atoms with Crippen molar-refractivity contribution in [2.24, 2.45) is 0 Å². The van der Waals surface area contributed by atoms with Crippen LogP contribution in [0.3, 0.4) is 0 Å². The van der Waals surface area contributed by atoms with Crippen LogP contribution in [-0.2, 0) is 0 Å². The number of nitrogens with zero attached hydrogens (tertiary/aromatic N) is 1. The number of fused-ring (bicyclic) bond motifs is 1. The van der Waals surface area contributed by atoms with Gasteiger partial charge in [0.1, 0.15) is 10.1 Å². The Morgan fingerprint density at radius 3 is 3.08 bits per heavy atom. The van der Waals surface area contributed by atoms with E-state index in [9.17, 15) is 0 Å². The zero-order valence-corrected chi connectivity index (χ0v) is 8.87. The smallest absolute Gasteiger partial charge is 0.108 e. The van der Waals surface area contributed by atoms with E-state index in [-0.39, 0.29) is 0 Å². The van der Waals surface area contributed by atoms with Crippen molar-refractivity contribution in [2.45, 2.75) is 4.90 Å². The third kappa shape index (κ3) is 1.15. The van der Waals surface area contributed by atoms with Crippen LogP contribution in [0.1, 0.15) is 0 Å². The summed E-state index contributed by atoms with van der Waals surface area (Å²) in [5.41, 5.74) is 1.04. The predicted molar refractivity (Wildman–Crippen MR) is 55.6 cm³/mol. The van der Waals surface area contributed by atoms with E-state index in [1.807, 2.05) is 12.1 Å². The van der Waals surface area contributed by atoms with E-state index in [1.165, 1.54) is 4.90 Å². The molecule has 0 unspecified atom stereocenters. The highest BCUT2D eigenvalue weighted by atomic mass is 79.9. The Hall–Kier alpha value is -0.480. The largest absolute Gasteiger partial charge is 0.270 e. The Kier molecular flexibility index (Phi) is 2.11. The van der Waals surface area contributed by atoms with Gasteiger partial charge >= 0.3 is 0 Å². The van der Waals surface area contributed by atoms with E-state index in [2.05, 4.69) is 38.4 Å². The van der Waals surface area contributed by atoms with Gasteiger partial charge in [0.25, 0.3) is 0 Å². The van der Waals surface area contributed by atoms with Crippen molar-refractivity contribution in [3.05, 3.63) is 22.8 Å². The first-order chi connectivity index (χ1) is 5.83. The Balaban J connectivity index is 2.81. The SMILES string of the molecule is CSc1cccc2c(Br)[nH]nc12. The van der Waals surface area contributed by atoms with Gasteiger partial charge in [0.2, 0.25) is 0 Å². The van der Waals surface area contributed by atoms with Crippen LogP contribution in [0.15, 0.2) is 27.7 Å². The summed E-state index contributed by atoms with van der Waals surface area (Å²) in [5.74, 6) is 0. The van der Waals surface area contributed by atoms with Gasteiger partial charge in [-0.15, -0.1) is 11.8 Å². The van der Waals surface area contributed by atoms with E-state index < -0.39 is 0 Å². The zero-order chi connectivity index (χ0) is 8.55.